The first-order valence-electron chi connectivity index (χ1n) is 6.15. The van der Waals surface area contributed by atoms with Gasteiger partial charge in [-0.25, -0.2) is 0 Å². The van der Waals surface area contributed by atoms with Gasteiger partial charge < -0.3 is 10.1 Å². The Bertz CT molecular complexity index is 468. The minimum Gasteiger partial charge on any atom is -0.497 e. The lowest BCUT2D eigenvalue weighted by Crippen LogP contribution is -2.10. The van der Waals surface area contributed by atoms with Crippen LogP contribution in [-0.4, -0.2) is 12.1 Å². The quantitative estimate of drug-likeness (QED) is 0.869. The molecule has 0 spiro atoms. The van der Waals surface area contributed by atoms with Crippen molar-refractivity contribution in [3.63, 3.8) is 0 Å². The monoisotopic (exact) mass is 242 g/mol. The zero-order valence-corrected chi connectivity index (χ0v) is 10.8. The number of methoxy groups -OCH3 is 1. The molecule has 0 fully saturated rings. The smallest absolute Gasteiger partial charge is 0.119 e. The van der Waals surface area contributed by atoms with Gasteiger partial charge in [-0.05, 0) is 42.8 Å². The molecular weight excluding hydrogens is 224 g/mol. The van der Waals surface area contributed by atoms with Crippen molar-refractivity contribution in [2.24, 2.45) is 0 Å². The summed E-state index contributed by atoms with van der Waals surface area (Å²) in [5, 5.41) is 3.48. The van der Waals surface area contributed by atoms with Gasteiger partial charge in [0.25, 0.3) is 0 Å². The van der Waals surface area contributed by atoms with Crippen LogP contribution in [0.15, 0.2) is 48.7 Å². The molecule has 0 aliphatic heterocycles. The van der Waals surface area contributed by atoms with E-state index in [4.69, 9.17) is 4.74 Å². The molecule has 1 atom stereocenters. The molecule has 0 bridgehead atoms. The highest BCUT2D eigenvalue weighted by molar-refractivity contribution is 5.47. The van der Waals surface area contributed by atoms with Gasteiger partial charge in [0.2, 0.25) is 0 Å². The van der Waals surface area contributed by atoms with Crippen LogP contribution in [0.3, 0.4) is 0 Å². The molecule has 2 rings (SSSR count). The molecule has 18 heavy (non-hydrogen) atoms. The number of rotatable bonds is 5. The van der Waals surface area contributed by atoms with Crippen LogP contribution in [0.2, 0.25) is 0 Å². The Morgan fingerprint density at radius 1 is 1.17 bits per heavy atom. The van der Waals surface area contributed by atoms with Crippen molar-refractivity contribution in [3.8, 4) is 5.75 Å². The lowest BCUT2D eigenvalue weighted by molar-refractivity contribution is 0.415. The summed E-state index contributed by atoms with van der Waals surface area (Å²) in [7, 11) is 1.67. The van der Waals surface area contributed by atoms with Gasteiger partial charge in [0, 0.05) is 11.9 Å². The van der Waals surface area contributed by atoms with Crippen LogP contribution in [0, 0.1) is 0 Å². The summed E-state index contributed by atoms with van der Waals surface area (Å²) in [5.74, 6) is 0.867. The number of nitrogens with one attached hydrogen (secondary N) is 1. The van der Waals surface area contributed by atoms with E-state index in [9.17, 15) is 0 Å². The van der Waals surface area contributed by atoms with E-state index in [2.05, 4.69) is 17.2 Å². The van der Waals surface area contributed by atoms with Gasteiger partial charge in [-0.15, -0.1) is 0 Å². The highest BCUT2D eigenvalue weighted by Gasteiger charge is 2.09. The predicted molar refractivity (Wildman–Crippen MR) is 73.9 cm³/mol. The normalized spacial score (nSPS) is 11.9. The highest BCUT2D eigenvalue weighted by atomic mass is 16.5. The zero-order chi connectivity index (χ0) is 12.8. The SMILES string of the molecule is CCC(Nc1ccc(OC)cc1)c1ccccn1. The van der Waals surface area contributed by atoms with Crippen molar-refractivity contribution in [1.82, 2.24) is 4.98 Å². The number of pyridine rings is 1. The van der Waals surface area contributed by atoms with E-state index in [0.717, 1.165) is 23.6 Å². The number of hydrogen-bond donors (Lipinski definition) is 1. The van der Waals surface area contributed by atoms with Crippen LogP contribution in [0.4, 0.5) is 5.69 Å². The zero-order valence-electron chi connectivity index (χ0n) is 10.8. The highest BCUT2D eigenvalue weighted by Crippen LogP contribution is 2.22. The topological polar surface area (TPSA) is 34.1 Å². The summed E-state index contributed by atoms with van der Waals surface area (Å²) in [4.78, 5) is 4.39. The molecule has 2 aromatic rings. The molecule has 0 radical (unpaired) electrons. The number of nitrogens with zero attached hydrogens (tertiary/aromatic N) is 1. The van der Waals surface area contributed by atoms with Gasteiger partial charge in [-0.3, -0.25) is 4.98 Å². The van der Waals surface area contributed by atoms with Crippen molar-refractivity contribution < 1.29 is 4.74 Å². The van der Waals surface area contributed by atoms with Gasteiger partial charge >= 0.3 is 0 Å². The van der Waals surface area contributed by atoms with E-state index in [1.54, 1.807) is 7.11 Å². The molecule has 3 nitrogen and oxygen atoms in total. The Morgan fingerprint density at radius 2 is 1.94 bits per heavy atom. The Labute approximate surface area is 108 Å². The molecule has 1 N–H and O–H groups in total. The fourth-order valence-corrected chi connectivity index (χ4v) is 1.86. The van der Waals surface area contributed by atoms with Crippen LogP contribution in [0.1, 0.15) is 25.1 Å². The standard InChI is InChI=1S/C15H18N2O/c1-3-14(15-6-4-5-11-16-15)17-12-7-9-13(18-2)10-8-12/h4-11,14,17H,3H2,1-2H3. The molecule has 3 heteroatoms. The van der Waals surface area contributed by atoms with Crippen molar-refractivity contribution in [1.29, 1.82) is 0 Å². The third kappa shape index (κ3) is 3.00. The number of anilines is 1. The van der Waals surface area contributed by atoms with Gasteiger partial charge in [-0.2, -0.15) is 0 Å². The molecule has 1 heterocycles. The van der Waals surface area contributed by atoms with Gasteiger partial charge in [-0.1, -0.05) is 13.0 Å². The van der Waals surface area contributed by atoms with Crippen LogP contribution in [-0.2, 0) is 0 Å². The Hall–Kier alpha value is -2.03. The number of hydrogen-bond acceptors (Lipinski definition) is 3. The molecule has 1 aromatic carbocycles. The first kappa shape index (κ1) is 12.4. The minimum atomic E-state index is 0.236. The Balaban J connectivity index is 2.10. The lowest BCUT2D eigenvalue weighted by Gasteiger charge is -2.17. The minimum absolute atomic E-state index is 0.236. The van der Waals surface area contributed by atoms with Gasteiger partial charge in [0.05, 0.1) is 18.8 Å². The van der Waals surface area contributed by atoms with Crippen LogP contribution < -0.4 is 10.1 Å². The largest absolute Gasteiger partial charge is 0.497 e. The summed E-state index contributed by atoms with van der Waals surface area (Å²) in [6.45, 7) is 2.15. The van der Waals surface area contributed by atoms with Crippen LogP contribution in [0.5, 0.6) is 5.75 Å². The van der Waals surface area contributed by atoms with Crippen molar-refractivity contribution in [2.75, 3.05) is 12.4 Å². The van der Waals surface area contributed by atoms with Crippen LogP contribution >= 0.6 is 0 Å². The molecule has 0 amide bonds. The molecule has 0 aliphatic rings. The summed E-state index contributed by atoms with van der Waals surface area (Å²) < 4.78 is 5.14. The van der Waals surface area contributed by atoms with Crippen molar-refractivity contribution in [3.05, 3.63) is 54.4 Å². The lowest BCUT2D eigenvalue weighted by atomic mass is 10.1. The molecule has 0 saturated heterocycles. The Kier molecular flexibility index (Phi) is 4.18. The summed E-state index contributed by atoms with van der Waals surface area (Å²) >= 11 is 0. The van der Waals surface area contributed by atoms with E-state index in [-0.39, 0.29) is 6.04 Å². The average molecular weight is 242 g/mol. The summed E-state index contributed by atoms with van der Waals surface area (Å²) in [6, 6.07) is 14.2. The van der Waals surface area contributed by atoms with E-state index in [1.807, 2.05) is 48.7 Å². The van der Waals surface area contributed by atoms with E-state index >= 15 is 0 Å². The summed E-state index contributed by atoms with van der Waals surface area (Å²) in [5.41, 5.74) is 2.14. The molecule has 94 valence electrons. The third-order valence-electron chi connectivity index (χ3n) is 2.88. The fourth-order valence-electron chi connectivity index (χ4n) is 1.86. The first-order chi connectivity index (χ1) is 8.83. The number of aromatic nitrogens is 1. The molecular formula is C15H18N2O. The Morgan fingerprint density at radius 3 is 2.50 bits per heavy atom. The van der Waals surface area contributed by atoms with Crippen LogP contribution in [0.25, 0.3) is 0 Å². The number of benzene rings is 1. The van der Waals surface area contributed by atoms with Gasteiger partial charge in [0.15, 0.2) is 0 Å². The van der Waals surface area contributed by atoms with Crippen molar-refractivity contribution >= 4 is 5.69 Å². The fraction of sp³-hybridized carbons (Fsp3) is 0.267. The predicted octanol–water partition coefficient (Wildman–Crippen LogP) is 3.65. The first-order valence-corrected chi connectivity index (χ1v) is 6.15. The average Bonchev–Trinajstić information content (AvgIpc) is 2.46. The second kappa shape index (κ2) is 6.05. The maximum absolute atomic E-state index is 5.14. The maximum Gasteiger partial charge on any atom is 0.119 e. The second-order valence-corrected chi connectivity index (χ2v) is 4.09. The summed E-state index contributed by atoms with van der Waals surface area (Å²) in [6.07, 6.45) is 2.82. The van der Waals surface area contributed by atoms with E-state index < -0.39 is 0 Å². The third-order valence-corrected chi connectivity index (χ3v) is 2.88. The van der Waals surface area contributed by atoms with E-state index in [1.165, 1.54) is 0 Å². The molecule has 1 aromatic heterocycles. The van der Waals surface area contributed by atoms with E-state index in [0.29, 0.717) is 0 Å². The molecule has 1 unspecified atom stereocenters. The van der Waals surface area contributed by atoms with Gasteiger partial charge in [0.1, 0.15) is 5.75 Å². The second-order valence-electron chi connectivity index (χ2n) is 4.09. The molecule has 0 aliphatic carbocycles. The maximum atomic E-state index is 5.14. The van der Waals surface area contributed by atoms with Crippen molar-refractivity contribution in [2.45, 2.75) is 19.4 Å². The molecule has 0 saturated carbocycles. The number of ether oxygens (including phenoxy) is 1.